The Morgan fingerprint density at radius 3 is 2.60 bits per heavy atom. The molecule has 3 rings (SSSR count). The van der Waals surface area contributed by atoms with Gasteiger partial charge >= 0.3 is 0 Å². The van der Waals surface area contributed by atoms with Crippen molar-refractivity contribution < 1.29 is 9.84 Å². The van der Waals surface area contributed by atoms with Gasteiger partial charge in [-0.15, -0.1) is 0 Å². The minimum atomic E-state index is 0.00571. The van der Waals surface area contributed by atoms with Crippen LogP contribution in [0.2, 0.25) is 0 Å². The Hall–Kier alpha value is -1.38. The Labute approximate surface area is 88.1 Å². The minimum Gasteiger partial charge on any atom is -0.394 e. The molecule has 0 aliphatic carbocycles. The molecular weight excluding hydrogens is 188 g/mol. The number of aliphatic hydroxyl groups excluding tert-OH is 1. The molecule has 1 heterocycles. The molecule has 1 N–H and O–H groups in total. The molecule has 2 unspecified atom stereocenters. The molecule has 0 aromatic heterocycles. The molecule has 0 bridgehead atoms. The van der Waals surface area contributed by atoms with Crippen LogP contribution in [-0.4, -0.2) is 17.8 Å². The van der Waals surface area contributed by atoms with Gasteiger partial charge < -0.3 is 9.84 Å². The van der Waals surface area contributed by atoms with E-state index in [9.17, 15) is 0 Å². The average molecular weight is 200 g/mol. The van der Waals surface area contributed by atoms with Gasteiger partial charge in [-0.3, -0.25) is 0 Å². The summed E-state index contributed by atoms with van der Waals surface area (Å²) in [5, 5.41) is 11.4. The van der Waals surface area contributed by atoms with Gasteiger partial charge in [0.15, 0.2) is 0 Å². The van der Waals surface area contributed by atoms with Crippen molar-refractivity contribution in [1.29, 1.82) is 0 Å². The van der Waals surface area contributed by atoms with E-state index in [-0.39, 0.29) is 18.8 Å². The van der Waals surface area contributed by atoms with Crippen molar-refractivity contribution in [2.45, 2.75) is 12.2 Å². The lowest BCUT2D eigenvalue weighted by Crippen LogP contribution is -1.94. The molecule has 0 amide bonds. The predicted octanol–water partition coefficient (Wildman–Crippen LogP) is 2.27. The van der Waals surface area contributed by atoms with Crippen LogP contribution in [0.1, 0.15) is 11.7 Å². The SMILES string of the molecule is OCC1OC1c1ccc2ccccc2c1. The van der Waals surface area contributed by atoms with Crippen molar-refractivity contribution in [1.82, 2.24) is 0 Å². The number of benzene rings is 2. The Morgan fingerprint density at radius 1 is 1.07 bits per heavy atom. The molecule has 2 atom stereocenters. The van der Waals surface area contributed by atoms with Crippen LogP contribution < -0.4 is 0 Å². The summed E-state index contributed by atoms with van der Waals surface area (Å²) in [6.45, 7) is 0.109. The maximum atomic E-state index is 8.93. The van der Waals surface area contributed by atoms with Gasteiger partial charge in [0.05, 0.1) is 6.61 Å². The van der Waals surface area contributed by atoms with Crippen LogP contribution in [0.3, 0.4) is 0 Å². The third kappa shape index (κ3) is 1.52. The van der Waals surface area contributed by atoms with E-state index in [0.29, 0.717) is 0 Å². The third-order valence-electron chi connectivity index (χ3n) is 2.86. The molecule has 2 aromatic rings. The fourth-order valence-corrected chi connectivity index (χ4v) is 1.96. The summed E-state index contributed by atoms with van der Waals surface area (Å²) in [5.41, 5.74) is 1.16. The van der Waals surface area contributed by atoms with Crippen LogP contribution in [0.5, 0.6) is 0 Å². The molecule has 1 saturated heterocycles. The lowest BCUT2D eigenvalue weighted by Gasteiger charge is -2.00. The van der Waals surface area contributed by atoms with Crippen LogP contribution in [0.15, 0.2) is 42.5 Å². The Kier molecular flexibility index (Phi) is 1.97. The standard InChI is InChI=1S/C13H12O2/c14-8-12-13(15-12)11-6-5-9-3-1-2-4-10(9)7-11/h1-7,12-14H,8H2. The molecule has 2 heteroatoms. The second-order valence-electron chi connectivity index (χ2n) is 3.88. The minimum absolute atomic E-state index is 0.00571. The molecule has 1 aliphatic heterocycles. The number of epoxide rings is 1. The average Bonchev–Trinajstić information content (AvgIpc) is 3.08. The van der Waals surface area contributed by atoms with E-state index in [1.54, 1.807) is 0 Å². The van der Waals surface area contributed by atoms with Crippen molar-refractivity contribution in [2.24, 2.45) is 0 Å². The van der Waals surface area contributed by atoms with E-state index in [1.807, 2.05) is 12.1 Å². The summed E-state index contributed by atoms with van der Waals surface area (Å²) in [5.74, 6) is 0. The monoisotopic (exact) mass is 200 g/mol. The second-order valence-corrected chi connectivity index (χ2v) is 3.88. The zero-order chi connectivity index (χ0) is 10.3. The first kappa shape index (κ1) is 8.89. The quantitative estimate of drug-likeness (QED) is 0.754. The fraction of sp³-hybridized carbons (Fsp3) is 0.231. The molecule has 1 aliphatic rings. The lowest BCUT2D eigenvalue weighted by atomic mass is 10.0. The third-order valence-corrected chi connectivity index (χ3v) is 2.86. The molecule has 76 valence electrons. The summed E-state index contributed by atoms with van der Waals surface area (Å²) in [6, 6.07) is 14.6. The molecular formula is C13H12O2. The van der Waals surface area contributed by atoms with E-state index in [1.165, 1.54) is 10.8 Å². The summed E-state index contributed by atoms with van der Waals surface area (Å²) >= 11 is 0. The van der Waals surface area contributed by atoms with Gasteiger partial charge in [-0.2, -0.15) is 0 Å². The summed E-state index contributed by atoms with van der Waals surface area (Å²) in [4.78, 5) is 0. The van der Waals surface area contributed by atoms with Crippen molar-refractivity contribution in [2.75, 3.05) is 6.61 Å². The Balaban J connectivity index is 2.00. The van der Waals surface area contributed by atoms with Gasteiger partial charge in [-0.25, -0.2) is 0 Å². The van der Waals surface area contributed by atoms with Gasteiger partial charge in [0.1, 0.15) is 12.2 Å². The summed E-state index contributed by atoms with van der Waals surface area (Å²) < 4.78 is 5.35. The number of hydrogen-bond donors (Lipinski definition) is 1. The normalized spacial score (nSPS) is 24.3. The van der Waals surface area contributed by atoms with Crippen molar-refractivity contribution in [3.63, 3.8) is 0 Å². The molecule has 0 radical (unpaired) electrons. The van der Waals surface area contributed by atoms with Crippen LogP contribution in [-0.2, 0) is 4.74 Å². The first-order valence-electron chi connectivity index (χ1n) is 5.13. The second kappa shape index (κ2) is 3.33. The molecule has 1 fully saturated rings. The van der Waals surface area contributed by atoms with Gasteiger partial charge in [0, 0.05) is 0 Å². The summed E-state index contributed by atoms with van der Waals surface area (Å²) in [6.07, 6.45) is 0.103. The van der Waals surface area contributed by atoms with E-state index >= 15 is 0 Å². The van der Waals surface area contributed by atoms with Crippen LogP contribution in [0, 0.1) is 0 Å². The molecule has 2 nitrogen and oxygen atoms in total. The Bertz CT molecular complexity index is 493. The van der Waals surface area contributed by atoms with E-state index in [4.69, 9.17) is 9.84 Å². The number of ether oxygens (including phenoxy) is 1. The molecule has 0 saturated carbocycles. The van der Waals surface area contributed by atoms with Crippen LogP contribution in [0.25, 0.3) is 10.8 Å². The first-order valence-corrected chi connectivity index (χ1v) is 5.13. The zero-order valence-corrected chi connectivity index (χ0v) is 8.26. The highest BCUT2D eigenvalue weighted by Crippen LogP contribution is 2.39. The van der Waals surface area contributed by atoms with Crippen molar-refractivity contribution in [3.05, 3.63) is 48.0 Å². The van der Waals surface area contributed by atoms with Crippen LogP contribution >= 0.6 is 0 Å². The maximum absolute atomic E-state index is 8.93. The van der Waals surface area contributed by atoms with Gasteiger partial charge in [0.25, 0.3) is 0 Å². The highest BCUT2D eigenvalue weighted by molar-refractivity contribution is 5.83. The van der Waals surface area contributed by atoms with E-state index in [2.05, 4.69) is 30.3 Å². The Morgan fingerprint density at radius 2 is 1.87 bits per heavy atom. The smallest absolute Gasteiger partial charge is 0.112 e. The predicted molar refractivity (Wildman–Crippen MR) is 58.6 cm³/mol. The highest BCUT2D eigenvalue weighted by atomic mass is 16.6. The number of rotatable bonds is 2. The lowest BCUT2D eigenvalue weighted by molar-refractivity contribution is 0.242. The van der Waals surface area contributed by atoms with Gasteiger partial charge in [-0.05, 0) is 22.4 Å². The molecule has 0 spiro atoms. The number of aliphatic hydroxyl groups is 1. The van der Waals surface area contributed by atoms with Crippen molar-refractivity contribution >= 4 is 10.8 Å². The largest absolute Gasteiger partial charge is 0.394 e. The molecule has 2 aromatic carbocycles. The van der Waals surface area contributed by atoms with Gasteiger partial charge in [0.2, 0.25) is 0 Å². The number of fused-ring (bicyclic) bond motifs is 1. The summed E-state index contributed by atoms with van der Waals surface area (Å²) in [7, 11) is 0. The van der Waals surface area contributed by atoms with Crippen molar-refractivity contribution in [3.8, 4) is 0 Å². The van der Waals surface area contributed by atoms with E-state index < -0.39 is 0 Å². The number of hydrogen-bond acceptors (Lipinski definition) is 2. The maximum Gasteiger partial charge on any atom is 0.112 e. The molecule has 15 heavy (non-hydrogen) atoms. The highest BCUT2D eigenvalue weighted by Gasteiger charge is 2.39. The fourth-order valence-electron chi connectivity index (χ4n) is 1.96. The van der Waals surface area contributed by atoms with Crippen LogP contribution in [0.4, 0.5) is 0 Å². The van der Waals surface area contributed by atoms with Gasteiger partial charge in [-0.1, -0.05) is 36.4 Å². The first-order chi connectivity index (χ1) is 7.38. The van der Waals surface area contributed by atoms with E-state index in [0.717, 1.165) is 5.56 Å². The topological polar surface area (TPSA) is 32.8 Å². The zero-order valence-electron chi connectivity index (χ0n) is 8.26.